The van der Waals surface area contributed by atoms with E-state index in [9.17, 15) is 9.59 Å². The van der Waals surface area contributed by atoms with Gasteiger partial charge >= 0.3 is 5.97 Å². The number of hydrogen-bond donors (Lipinski definition) is 1. The summed E-state index contributed by atoms with van der Waals surface area (Å²) in [5.74, 6) is -0.640. The van der Waals surface area contributed by atoms with Crippen molar-refractivity contribution >= 4 is 11.9 Å². The van der Waals surface area contributed by atoms with Crippen molar-refractivity contribution in [3.63, 3.8) is 0 Å². The van der Waals surface area contributed by atoms with E-state index in [1.165, 1.54) is 0 Å². The predicted octanol–water partition coefficient (Wildman–Crippen LogP) is 4.20. The Labute approximate surface area is 151 Å². The molecule has 136 valence electrons. The van der Waals surface area contributed by atoms with E-state index in [4.69, 9.17) is 4.74 Å². The number of amides is 1. The lowest BCUT2D eigenvalue weighted by Crippen LogP contribution is -2.40. The van der Waals surface area contributed by atoms with Gasteiger partial charge in [-0.2, -0.15) is 0 Å². The Morgan fingerprint density at radius 2 is 1.84 bits per heavy atom. The van der Waals surface area contributed by atoms with Crippen molar-refractivity contribution in [2.75, 3.05) is 6.61 Å². The lowest BCUT2D eigenvalue weighted by atomic mass is 9.88. The summed E-state index contributed by atoms with van der Waals surface area (Å²) in [6, 6.07) is 9.12. The molecule has 1 rings (SSSR count). The summed E-state index contributed by atoms with van der Waals surface area (Å²) in [4.78, 5) is 24.7. The SMILES string of the molecule is C=CCC(C)C(=O)OC[C@H](NC(=O)C(C)(C)CC=C)c1ccccc1. The predicted molar refractivity (Wildman–Crippen MR) is 101 cm³/mol. The molecule has 0 aliphatic rings. The van der Waals surface area contributed by atoms with Crippen molar-refractivity contribution in [3.05, 3.63) is 61.2 Å². The van der Waals surface area contributed by atoms with Crippen LogP contribution >= 0.6 is 0 Å². The molecule has 1 aromatic rings. The highest BCUT2D eigenvalue weighted by Gasteiger charge is 2.29. The first-order chi connectivity index (χ1) is 11.8. The molecular formula is C21H29NO3. The number of benzene rings is 1. The first kappa shape index (κ1) is 20.7. The summed E-state index contributed by atoms with van der Waals surface area (Å²) >= 11 is 0. The third kappa shape index (κ3) is 6.57. The Bertz CT molecular complexity index is 592. The fourth-order valence-corrected chi connectivity index (χ4v) is 2.37. The highest BCUT2D eigenvalue weighted by molar-refractivity contribution is 5.82. The summed E-state index contributed by atoms with van der Waals surface area (Å²) in [6.45, 7) is 13.0. The van der Waals surface area contributed by atoms with Gasteiger partial charge in [0, 0.05) is 5.41 Å². The molecule has 0 saturated carbocycles. The van der Waals surface area contributed by atoms with Crippen LogP contribution in [-0.2, 0) is 14.3 Å². The van der Waals surface area contributed by atoms with Crippen LogP contribution in [0.15, 0.2) is 55.6 Å². The van der Waals surface area contributed by atoms with E-state index < -0.39 is 11.5 Å². The zero-order chi connectivity index (χ0) is 18.9. The normalized spacial score (nSPS) is 13.4. The molecule has 0 aliphatic carbocycles. The van der Waals surface area contributed by atoms with Gasteiger partial charge in [0.1, 0.15) is 6.61 Å². The average molecular weight is 343 g/mol. The van der Waals surface area contributed by atoms with E-state index in [0.717, 1.165) is 5.56 Å². The van der Waals surface area contributed by atoms with Gasteiger partial charge in [-0.25, -0.2) is 0 Å². The van der Waals surface area contributed by atoms with Gasteiger partial charge in [-0.15, -0.1) is 13.2 Å². The van der Waals surface area contributed by atoms with Crippen LogP contribution in [0.5, 0.6) is 0 Å². The lowest BCUT2D eigenvalue weighted by molar-refractivity contribution is -0.149. The Kier molecular flexibility index (Phi) is 8.12. The van der Waals surface area contributed by atoms with E-state index in [-0.39, 0.29) is 24.4 Å². The molecule has 4 heteroatoms. The molecule has 2 atom stereocenters. The van der Waals surface area contributed by atoms with Crippen molar-refractivity contribution in [2.24, 2.45) is 11.3 Å². The fourth-order valence-electron chi connectivity index (χ4n) is 2.37. The number of rotatable bonds is 10. The molecule has 0 fully saturated rings. The largest absolute Gasteiger partial charge is 0.463 e. The number of carbonyl (C=O) groups excluding carboxylic acids is 2. The van der Waals surface area contributed by atoms with Gasteiger partial charge in [0.25, 0.3) is 0 Å². The fraction of sp³-hybridized carbons (Fsp3) is 0.429. The van der Waals surface area contributed by atoms with Gasteiger partial charge in [-0.05, 0) is 18.4 Å². The van der Waals surface area contributed by atoms with Gasteiger partial charge < -0.3 is 10.1 Å². The molecule has 1 amide bonds. The average Bonchev–Trinajstić information content (AvgIpc) is 2.58. The highest BCUT2D eigenvalue weighted by atomic mass is 16.5. The Hall–Kier alpha value is -2.36. The molecule has 0 saturated heterocycles. The standard InChI is InChI=1S/C21H29NO3/c1-6-11-16(3)19(23)25-15-18(17-12-9-8-10-13-17)22-20(24)21(4,5)14-7-2/h6-10,12-13,16,18H,1-2,11,14-15H2,3-5H3,(H,22,24)/t16?,18-/m0/s1. The lowest BCUT2D eigenvalue weighted by Gasteiger charge is -2.27. The summed E-state index contributed by atoms with van der Waals surface area (Å²) in [5, 5.41) is 3.00. The van der Waals surface area contributed by atoms with E-state index in [2.05, 4.69) is 18.5 Å². The maximum absolute atomic E-state index is 12.6. The molecule has 0 aromatic heterocycles. The van der Waals surface area contributed by atoms with E-state index >= 15 is 0 Å². The van der Waals surface area contributed by atoms with Gasteiger partial charge in [-0.1, -0.05) is 63.3 Å². The van der Waals surface area contributed by atoms with Crippen LogP contribution in [0, 0.1) is 11.3 Å². The van der Waals surface area contributed by atoms with Gasteiger partial charge in [-0.3, -0.25) is 9.59 Å². The number of carbonyl (C=O) groups is 2. The zero-order valence-corrected chi connectivity index (χ0v) is 15.5. The van der Waals surface area contributed by atoms with E-state index in [1.54, 1.807) is 19.1 Å². The van der Waals surface area contributed by atoms with Crippen LogP contribution in [0.2, 0.25) is 0 Å². The molecule has 0 spiro atoms. The summed E-state index contributed by atoms with van der Waals surface area (Å²) in [5.41, 5.74) is 0.323. The van der Waals surface area contributed by atoms with Gasteiger partial charge in [0.2, 0.25) is 5.91 Å². The first-order valence-electron chi connectivity index (χ1n) is 8.56. The molecule has 0 bridgehead atoms. The van der Waals surface area contributed by atoms with Crippen LogP contribution in [0.1, 0.15) is 45.2 Å². The van der Waals surface area contributed by atoms with Crippen molar-refractivity contribution < 1.29 is 14.3 Å². The van der Waals surface area contributed by atoms with Crippen molar-refractivity contribution in [3.8, 4) is 0 Å². The molecule has 25 heavy (non-hydrogen) atoms. The van der Waals surface area contributed by atoms with Crippen LogP contribution in [0.3, 0.4) is 0 Å². The molecule has 1 aromatic carbocycles. The third-order valence-corrected chi connectivity index (χ3v) is 4.09. The maximum atomic E-state index is 12.6. The van der Waals surface area contributed by atoms with Crippen molar-refractivity contribution in [2.45, 2.75) is 39.7 Å². The molecule has 0 heterocycles. The summed E-state index contributed by atoms with van der Waals surface area (Å²) in [7, 11) is 0. The maximum Gasteiger partial charge on any atom is 0.309 e. The van der Waals surface area contributed by atoms with E-state index in [1.807, 2.05) is 44.2 Å². The number of esters is 1. The smallest absolute Gasteiger partial charge is 0.309 e. The minimum Gasteiger partial charge on any atom is -0.463 e. The minimum absolute atomic E-state index is 0.0975. The molecule has 1 unspecified atom stereocenters. The quantitative estimate of drug-likeness (QED) is 0.512. The van der Waals surface area contributed by atoms with Crippen LogP contribution < -0.4 is 5.32 Å². The van der Waals surface area contributed by atoms with Gasteiger partial charge in [0.05, 0.1) is 12.0 Å². The van der Waals surface area contributed by atoms with Crippen LogP contribution in [0.25, 0.3) is 0 Å². The topological polar surface area (TPSA) is 55.4 Å². The number of allylic oxidation sites excluding steroid dienone is 2. The van der Waals surface area contributed by atoms with Crippen LogP contribution in [0.4, 0.5) is 0 Å². The molecule has 0 radical (unpaired) electrons. The monoisotopic (exact) mass is 343 g/mol. The second-order valence-corrected chi connectivity index (χ2v) is 6.87. The highest BCUT2D eigenvalue weighted by Crippen LogP contribution is 2.23. The number of ether oxygens (including phenoxy) is 1. The second kappa shape index (κ2) is 9.82. The molecule has 4 nitrogen and oxygen atoms in total. The zero-order valence-electron chi connectivity index (χ0n) is 15.5. The first-order valence-corrected chi connectivity index (χ1v) is 8.56. The number of nitrogens with one attached hydrogen (secondary N) is 1. The Morgan fingerprint density at radius 3 is 2.40 bits per heavy atom. The molecular weight excluding hydrogens is 314 g/mol. The Morgan fingerprint density at radius 1 is 1.20 bits per heavy atom. The molecule has 0 aliphatic heterocycles. The van der Waals surface area contributed by atoms with Crippen LogP contribution in [-0.4, -0.2) is 18.5 Å². The van der Waals surface area contributed by atoms with E-state index in [0.29, 0.717) is 12.8 Å². The summed E-state index contributed by atoms with van der Waals surface area (Å²) in [6.07, 6.45) is 4.55. The minimum atomic E-state index is -0.574. The number of hydrogen-bond acceptors (Lipinski definition) is 3. The summed E-state index contributed by atoms with van der Waals surface area (Å²) < 4.78 is 5.42. The van der Waals surface area contributed by atoms with Gasteiger partial charge in [0.15, 0.2) is 0 Å². The second-order valence-electron chi connectivity index (χ2n) is 6.87. The van der Waals surface area contributed by atoms with Crippen molar-refractivity contribution in [1.29, 1.82) is 0 Å². The molecule has 1 N–H and O–H groups in total. The van der Waals surface area contributed by atoms with Crippen molar-refractivity contribution in [1.82, 2.24) is 5.32 Å². The Balaban J connectivity index is 2.84. The third-order valence-electron chi connectivity index (χ3n) is 4.09.